The smallest absolute Gasteiger partial charge is 0.324 e. The molecule has 1 aliphatic heterocycles. The van der Waals surface area contributed by atoms with E-state index in [-0.39, 0.29) is 12.4 Å². The number of nitrogens with zero attached hydrogens (tertiary/aromatic N) is 1. The molecule has 1 fully saturated rings. The van der Waals surface area contributed by atoms with Crippen molar-refractivity contribution in [3.63, 3.8) is 0 Å². The Bertz CT molecular complexity index is 350. The number of aromatic nitrogens is 1. The van der Waals surface area contributed by atoms with Crippen molar-refractivity contribution in [3.05, 3.63) is 30.1 Å². The maximum atomic E-state index is 11.2. The number of aliphatic carboxylic acids is 1. The molecule has 0 radical (unpaired) electrons. The van der Waals surface area contributed by atoms with E-state index in [0.29, 0.717) is 12.8 Å². The molecule has 0 aliphatic carbocycles. The van der Waals surface area contributed by atoms with Gasteiger partial charge in [-0.05, 0) is 31.5 Å². The fourth-order valence-electron chi connectivity index (χ4n) is 2.03. The van der Waals surface area contributed by atoms with Crippen LogP contribution >= 0.6 is 12.4 Å². The van der Waals surface area contributed by atoms with Gasteiger partial charge < -0.3 is 10.4 Å². The molecule has 0 saturated carbocycles. The monoisotopic (exact) mass is 242 g/mol. The van der Waals surface area contributed by atoms with Crippen molar-refractivity contribution >= 4 is 18.4 Å². The van der Waals surface area contributed by atoms with Crippen molar-refractivity contribution in [2.24, 2.45) is 0 Å². The Labute approximate surface area is 100 Å². The van der Waals surface area contributed by atoms with E-state index in [1.807, 2.05) is 18.2 Å². The van der Waals surface area contributed by atoms with Crippen LogP contribution in [0.3, 0.4) is 0 Å². The second kappa shape index (κ2) is 5.27. The predicted octanol–water partition coefficient (Wildman–Crippen LogP) is 1.25. The van der Waals surface area contributed by atoms with Crippen molar-refractivity contribution < 1.29 is 9.90 Å². The van der Waals surface area contributed by atoms with E-state index in [1.165, 1.54) is 0 Å². The number of carboxylic acid groups (broad SMARTS) is 1. The Morgan fingerprint density at radius 1 is 1.56 bits per heavy atom. The summed E-state index contributed by atoms with van der Waals surface area (Å²) < 4.78 is 0. The van der Waals surface area contributed by atoms with Gasteiger partial charge in [0.1, 0.15) is 5.54 Å². The third-order valence-electron chi connectivity index (χ3n) is 2.86. The quantitative estimate of drug-likeness (QED) is 0.838. The molecule has 2 rings (SSSR count). The Hall–Kier alpha value is -1.13. The van der Waals surface area contributed by atoms with Gasteiger partial charge in [-0.15, -0.1) is 12.4 Å². The summed E-state index contributed by atoms with van der Waals surface area (Å²) >= 11 is 0. The maximum absolute atomic E-state index is 11.2. The van der Waals surface area contributed by atoms with Crippen LogP contribution in [0.1, 0.15) is 18.5 Å². The van der Waals surface area contributed by atoms with Gasteiger partial charge in [-0.1, -0.05) is 6.07 Å². The predicted molar refractivity (Wildman–Crippen MR) is 62.8 cm³/mol. The van der Waals surface area contributed by atoms with Gasteiger partial charge in [0.15, 0.2) is 0 Å². The summed E-state index contributed by atoms with van der Waals surface area (Å²) in [7, 11) is 0. The number of nitrogens with one attached hydrogen (secondary N) is 1. The van der Waals surface area contributed by atoms with Gasteiger partial charge in [0.05, 0.1) is 0 Å². The molecule has 5 heteroatoms. The van der Waals surface area contributed by atoms with Crippen molar-refractivity contribution in [1.82, 2.24) is 10.3 Å². The lowest BCUT2D eigenvalue weighted by molar-refractivity contribution is -0.144. The number of rotatable bonds is 3. The second-order valence-electron chi connectivity index (χ2n) is 3.92. The highest BCUT2D eigenvalue weighted by Gasteiger charge is 2.41. The zero-order valence-corrected chi connectivity index (χ0v) is 9.67. The van der Waals surface area contributed by atoms with Gasteiger partial charge in [-0.3, -0.25) is 9.78 Å². The molecule has 0 spiro atoms. The minimum atomic E-state index is -0.797. The van der Waals surface area contributed by atoms with Gasteiger partial charge in [0.25, 0.3) is 0 Å². The first-order chi connectivity index (χ1) is 7.23. The lowest BCUT2D eigenvalue weighted by Gasteiger charge is -2.23. The van der Waals surface area contributed by atoms with E-state index >= 15 is 0 Å². The van der Waals surface area contributed by atoms with E-state index in [0.717, 1.165) is 18.7 Å². The fraction of sp³-hybridized carbons (Fsp3) is 0.455. The molecule has 0 bridgehead atoms. The van der Waals surface area contributed by atoms with Crippen LogP contribution < -0.4 is 5.32 Å². The average Bonchev–Trinajstić information content (AvgIpc) is 2.69. The van der Waals surface area contributed by atoms with E-state index in [1.54, 1.807) is 6.20 Å². The van der Waals surface area contributed by atoms with E-state index in [2.05, 4.69) is 10.3 Å². The molecule has 1 atom stereocenters. The first kappa shape index (κ1) is 12.9. The molecule has 1 aliphatic rings. The van der Waals surface area contributed by atoms with Gasteiger partial charge >= 0.3 is 5.97 Å². The van der Waals surface area contributed by atoms with Gasteiger partial charge in [0.2, 0.25) is 0 Å². The van der Waals surface area contributed by atoms with E-state index < -0.39 is 11.5 Å². The summed E-state index contributed by atoms with van der Waals surface area (Å²) in [5.74, 6) is -0.773. The van der Waals surface area contributed by atoms with Gasteiger partial charge in [-0.2, -0.15) is 0 Å². The lowest BCUT2D eigenvalue weighted by Crippen LogP contribution is -2.49. The first-order valence-corrected chi connectivity index (χ1v) is 5.11. The summed E-state index contributed by atoms with van der Waals surface area (Å²) in [6.07, 6.45) is 3.75. The van der Waals surface area contributed by atoms with Crippen molar-refractivity contribution in [3.8, 4) is 0 Å². The van der Waals surface area contributed by atoms with Crippen LogP contribution in [0.25, 0.3) is 0 Å². The molecule has 2 heterocycles. The van der Waals surface area contributed by atoms with Gasteiger partial charge in [-0.25, -0.2) is 0 Å². The van der Waals surface area contributed by atoms with Gasteiger partial charge in [0, 0.05) is 18.3 Å². The number of pyridine rings is 1. The van der Waals surface area contributed by atoms with Crippen LogP contribution in [0.2, 0.25) is 0 Å². The third-order valence-corrected chi connectivity index (χ3v) is 2.86. The number of carbonyl (C=O) groups is 1. The molecule has 1 saturated heterocycles. The first-order valence-electron chi connectivity index (χ1n) is 5.11. The molecular formula is C11H15ClN2O2. The molecule has 0 unspecified atom stereocenters. The molecule has 2 N–H and O–H groups in total. The molecular weight excluding hydrogens is 228 g/mol. The normalized spacial score (nSPS) is 23.8. The molecule has 88 valence electrons. The maximum Gasteiger partial charge on any atom is 0.324 e. The molecule has 1 aromatic rings. The van der Waals surface area contributed by atoms with Crippen LogP contribution in [-0.4, -0.2) is 28.1 Å². The van der Waals surface area contributed by atoms with Crippen molar-refractivity contribution in [1.29, 1.82) is 0 Å². The molecule has 4 nitrogen and oxygen atoms in total. The summed E-state index contributed by atoms with van der Waals surface area (Å²) in [5.41, 5.74) is 0.0308. The van der Waals surface area contributed by atoms with Crippen LogP contribution in [0.4, 0.5) is 0 Å². The molecule has 1 aromatic heterocycles. The summed E-state index contributed by atoms with van der Waals surface area (Å²) in [5, 5.41) is 12.3. The number of halogens is 1. The Kier molecular flexibility index (Phi) is 4.26. The van der Waals surface area contributed by atoms with Crippen LogP contribution in [0, 0.1) is 0 Å². The largest absolute Gasteiger partial charge is 0.480 e. The topological polar surface area (TPSA) is 62.2 Å². The third kappa shape index (κ3) is 2.51. The second-order valence-corrected chi connectivity index (χ2v) is 3.92. The minimum absolute atomic E-state index is 0. The number of carboxylic acids is 1. The lowest BCUT2D eigenvalue weighted by atomic mass is 9.91. The Morgan fingerprint density at radius 3 is 2.88 bits per heavy atom. The summed E-state index contributed by atoms with van der Waals surface area (Å²) in [6.45, 7) is 0.777. The standard InChI is InChI=1S/C11H14N2O2.ClH/c14-10(15)11(5-3-7-13-11)8-9-4-1-2-6-12-9;/h1-2,4,6,13H,3,5,7-8H2,(H,14,15);1H/t11-;/m0./s1. The number of hydrogen-bond acceptors (Lipinski definition) is 3. The fourth-order valence-corrected chi connectivity index (χ4v) is 2.03. The van der Waals surface area contributed by atoms with Crippen LogP contribution in [0.15, 0.2) is 24.4 Å². The highest BCUT2D eigenvalue weighted by atomic mass is 35.5. The Balaban J connectivity index is 0.00000128. The van der Waals surface area contributed by atoms with Crippen molar-refractivity contribution in [2.45, 2.75) is 24.8 Å². The zero-order valence-electron chi connectivity index (χ0n) is 8.85. The summed E-state index contributed by atoms with van der Waals surface area (Å²) in [6, 6.07) is 5.58. The average molecular weight is 243 g/mol. The molecule has 16 heavy (non-hydrogen) atoms. The van der Waals surface area contributed by atoms with Crippen molar-refractivity contribution in [2.75, 3.05) is 6.54 Å². The number of hydrogen-bond donors (Lipinski definition) is 2. The van der Waals surface area contributed by atoms with Crippen LogP contribution in [-0.2, 0) is 11.2 Å². The minimum Gasteiger partial charge on any atom is -0.480 e. The highest BCUT2D eigenvalue weighted by molar-refractivity contribution is 5.85. The van der Waals surface area contributed by atoms with E-state index in [9.17, 15) is 9.90 Å². The Morgan fingerprint density at radius 2 is 2.38 bits per heavy atom. The van der Waals surface area contributed by atoms with Crippen LogP contribution in [0.5, 0.6) is 0 Å². The molecule has 0 aromatic carbocycles. The molecule has 0 amide bonds. The SMILES string of the molecule is Cl.O=C(O)[C@@]1(Cc2ccccn2)CCCN1. The highest BCUT2D eigenvalue weighted by Crippen LogP contribution is 2.23. The van der Waals surface area contributed by atoms with E-state index in [4.69, 9.17) is 0 Å². The summed E-state index contributed by atoms with van der Waals surface area (Å²) in [4.78, 5) is 15.4. The zero-order chi connectivity index (χ0) is 10.7.